The Kier molecular flexibility index (Phi) is 5.16. The predicted molar refractivity (Wildman–Crippen MR) is 63.6 cm³/mol. The molecule has 0 fully saturated rings. The molecule has 1 rings (SSSR count). The van der Waals surface area contributed by atoms with Gasteiger partial charge in [-0.15, -0.1) is 0 Å². The second-order valence-corrected chi connectivity index (χ2v) is 3.56. The number of rotatable bonds is 4. The first-order valence-electron chi connectivity index (χ1n) is 5.23. The maximum absolute atomic E-state index is 13.2. The second-order valence-electron chi connectivity index (χ2n) is 3.56. The number of benzene rings is 1. The van der Waals surface area contributed by atoms with Crippen LogP contribution in [0.1, 0.15) is 12.5 Å². The number of hydrogen-bond acceptors (Lipinski definition) is 2. The Morgan fingerprint density at radius 1 is 1.53 bits per heavy atom. The van der Waals surface area contributed by atoms with Crippen molar-refractivity contribution in [2.45, 2.75) is 13.0 Å². The molecule has 0 spiro atoms. The molecule has 3 N–H and O–H groups in total. The number of hydrogen-bond donors (Lipinski definition) is 3. The Morgan fingerprint density at radius 2 is 2.24 bits per heavy atom. The summed E-state index contributed by atoms with van der Waals surface area (Å²) in [5.74, 6) is -0.352. The molecule has 1 atom stereocenters. The van der Waals surface area contributed by atoms with E-state index in [4.69, 9.17) is 5.11 Å². The zero-order valence-electron chi connectivity index (χ0n) is 9.48. The molecule has 17 heavy (non-hydrogen) atoms. The normalized spacial score (nSPS) is 12.4. The van der Waals surface area contributed by atoms with Crippen LogP contribution in [-0.4, -0.2) is 23.8 Å². The topological polar surface area (TPSA) is 61.4 Å². The van der Waals surface area contributed by atoms with E-state index in [1.54, 1.807) is 25.1 Å². The number of amides is 2. The van der Waals surface area contributed by atoms with E-state index in [0.29, 0.717) is 5.56 Å². The molecule has 0 radical (unpaired) electrons. The van der Waals surface area contributed by atoms with Crippen molar-refractivity contribution in [3.05, 3.63) is 41.8 Å². The first kappa shape index (κ1) is 13.2. The highest BCUT2D eigenvalue weighted by Gasteiger charge is 1.99. The van der Waals surface area contributed by atoms with Gasteiger partial charge in [0, 0.05) is 18.3 Å². The van der Waals surface area contributed by atoms with Crippen LogP contribution >= 0.6 is 0 Å². The van der Waals surface area contributed by atoms with Crippen LogP contribution < -0.4 is 10.6 Å². The predicted octanol–water partition coefficient (Wildman–Crippen LogP) is 1.48. The molecule has 1 aromatic rings. The molecular weight excluding hydrogens is 223 g/mol. The molecule has 5 heteroatoms. The summed E-state index contributed by atoms with van der Waals surface area (Å²) in [4.78, 5) is 11.1. The molecule has 2 amide bonds. The number of aliphatic hydroxyl groups is 1. The van der Waals surface area contributed by atoms with Crippen LogP contribution in [0.5, 0.6) is 0 Å². The average Bonchev–Trinajstić information content (AvgIpc) is 2.29. The molecule has 4 nitrogen and oxygen atoms in total. The molecule has 0 aliphatic carbocycles. The Balaban J connectivity index is 2.40. The van der Waals surface area contributed by atoms with E-state index in [2.05, 4.69) is 10.6 Å². The van der Waals surface area contributed by atoms with Gasteiger partial charge in [0.1, 0.15) is 5.82 Å². The number of aliphatic hydroxyl groups excluding tert-OH is 1. The Bertz CT molecular complexity index is 405. The van der Waals surface area contributed by atoms with Crippen LogP contribution in [0.15, 0.2) is 30.5 Å². The molecule has 0 saturated carbocycles. The summed E-state index contributed by atoms with van der Waals surface area (Å²) in [6.45, 7) is 1.73. The van der Waals surface area contributed by atoms with Crippen LogP contribution in [0.3, 0.4) is 0 Å². The minimum Gasteiger partial charge on any atom is -0.392 e. The van der Waals surface area contributed by atoms with E-state index in [9.17, 15) is 9.18 Å². The van der Waals surface area contributed by atoms with E-state index < -0.39 is 12.1 Å². The summed E-state index contributed by atoms with van der Waals surface area (Å²) in [7, 11) is 0. The van der Waals surface area contributed by atoms with Crippen molar-refractivity contribution in [3.63, 3.8) is 0 Å². The molecule has 0 aromatic heterocycles. The molecule has 1 aromatic carbocycles. The van der Waals surface area contributed by atoms with Gasteiger partial charge in [0.25, 0.3) is 0 Å². The summed E-state index contributed by atoms with van der Waals surface area (Å²) >= 11 is 0. The summed E-state index contributed by atoms with van der Waals surface area (Å²) in [6, 6.07) is 5.79. The third kappa shape index (κ3) is 5.12. The summed E-state index contributed by atoms with van der Waals surface area (Å²) in [5, 5.41) is 13.8. The van der Waals surface area contributed by atoms with Crippen LogP contribution in [0.2, 0.25) is 0 Å². The minimum atomic E-state index is -0.601. The van der Waals surface area contributed by atoms with Crippen LogP contribution in [0, 0.1) is 5.82 Å². The quantitative estimate of drug-likeness (QED) is 0.744. The lowest BCUT2D eigenvalue weighted by molar-refractivity contribution is 0.188. The number of urea groups is 1. The smallest absolute Gasteiger partial charge is 0.318 e. The first-order chi connectivity index (χ1) is 8.09. The van der Waals surface area contributed by atoms with Crippen molar-refractivity contribution in [3.8, 4) is 0 Å². The molecule has 0 aliphatic rings. The molecule has 0 aliphatic heterocycles. The highest BCUT2D eigenvalue weighted by atomic mass is 19.1. The largest absolute Gasteiger partial charge is 0.392 e. The third-order valence-corrected chi connectivity index (χ3v) is 1.94. The Hall–Kier alpha value is -1.88. The number of carbonyl (C=O) groups is 1. The Morgan fingerprint density at radius 3 is 2.88 bits per heavy atom. The fourth-order valence-corrected chi connectivity index (χ4v) is 1.11. The van der Waals surface area contributed by atoms with Crippen LogP contribution in [0.25, 0.3) is 6.08 Å². The van der Waals surface area contributed by atoms with Crippen molar-refractivity contribution in [1.29, 1.82) is 0 Å². The fourth-order valence-electron chi connectivity index (χ4n) is 1.11. The first-order valence-corrected chi connectivity index (χ1v) is 5.23. The average molecular weight is 238 g/mol. The molecule has 0 saturated heterocycles. The standard InChI is InChI=1S/C12H15FN2O2/c1-9(16)8-15-12(17)14-7-6-10-4-2-3-5-11(10)13/h2-7,9,16H,8H2,1H3,(H2,14,15,17)/b7-6+. The maximum atomic E-state index is 13.2. The van der Waals surface area contributed by atoms with Crippen molar-refractivity contribution in [1.82, 2.24) is 10.6 Å². The van der Waals surface area contributed by atoms with E-state index in [1.165, 1.54) is 18.3 Å². The zero-order chi connectivity index (χ0) is 12.7. The van der Waals surface area contributed by atoms with Gasteiger partial charge in [0.05, 0.1) is 6.10 Å². The van der Waals surface area contributed by atoms with Gasteiger partial charge in [0.2, 0.25) is 0 Å². The van der Waals surface area contributed by atoms with E-state index >= 15 is 0 Å². The molecule has 0 heterocycles. The van der Waals surface area contributed by atoms with Crippen molar-refractivity contribution in [2.75, 3.05) is 6.54 Å². The van der Waals surface area contributed by atoms with Gasteiger partial charge in [-0.3, -0.25) is 0 Å². The minimum absolute atomic E-state index is 0.166. The highest BCUT2D eigenvalue weighted by Crippen LogP contribution is 2.07. The fraction of sp³-hybridized carbons (Fsp3) is 0.250. The second kappa shape index (κ2) is 6.65. The molecule has 1 unspecified atom stereocenters. The van der Waals surface area contributed by atoms with Gasteiger partial charge in [-0.1, -0.05) is 18.2 Å². The summed E-state index contributed by atoms with van der Waals surface area (Å²) < 4.78 is 13.2. The molecule has 0 bridgehead atoms. The lowest BCUT2D eigenvalue weighted by atomic mass is 10.2. The van der Waals surface area contributed by atoms with Crippen LogP contribution in [0.4, 0.5) is 9.18 Å². The lowest BCUT2D eigenvalue weighted by Gasteiger charge is -2.05. The van der Waals surface area contributed by atoms with Crippen LogP contribution in [-0.2, 0) is 0 Å². The van der Waals surface area contributed by atoms with E-state index in [-0.39, 0.29) is 12.4 Å². The van der Waals surface area contributed by atoms with Gasteiger partial charge in [-0.25, -0.2) is 9.18 Å². The van der Waals surface area contributed by atoms with Crippen molar-refractivity contribution >= 4 is 12.1 Å². The molecular formula is C12H15FN2O2. The zero-order valence-corrected chi connectivity index (χ0v) is 9.48. The lowest BCUT2D eigenvalue weighted by Crippen LogP contribution is -2.36. The summed E-state index contributed by atoms with van der Waals surface area (Å²) in [6.07, 6.45) is 2.20. The highest BCUT2D eigenvalue weighted by molar-refractivity contribution is 5.75. The van der Waals surface area contributed by atoms with Crippen molar-refractivity contribution < 1.29 is 14.3 Å². The van der Waals surface area contributed by atoms with E-state index in [1.807, 2.05) is 0 Å². The van der Waals surface area contributed by atoms with Gasteiger partial charge in [-0.2, -0.15) is 0 Å². The van der Waals surface area contributed by atoms with E-state index in [0.717, 1.165) is 0 Å². The van der Waals surface area contributed by atoms with Crippen molar-refractivity contribution in [2.24, 2.45) is 0 Å². The molecule has 92 valence electrons. The summed E-state index contributed by atoms with van der Waals surface area (Å²) in [5.41, 5.74) is 0.392. The van der Waals surface area contributed by atoms with Gasteiger partial charge < -0.3 is 15.7 Å². The third-order valence-electron chi connectivity index (χ3n) is 1.94. The number of halogens is 1. The number of nitrogens with one attached hydrogen (secondary N) is 2. The maximum Gasteiger partial charge on any atom is 0.318 e. The van der Waals surface area contributed by atoms with Gasteiger partial charge >= 0.3 is 6.03 Å². The SMILES string of the molecule is CC(O)CNC(=O)N/C=C/c1ccccc1F. The van der Waals surface area contributed by atoms with Gasteiger partial charge in [-0.05, 0) is 19.1 Å². The Labute approximate surface area is 99.2 Å². The monoisotopic (exact) mass is 238 g/mol. The van der Waals surface area contributed by atoms with Gasteiger partial charge in [0.15, 0.2) is 0 Å². The number of carbonyl (C=O) groups excluding carboxylic acids is 1.